The first-order chi connectivity index (χ1) is 13.2. The molecule has 0 aliphatic rings. The maximum Gasteiger partial charge on any atom is 0.191 e. The second-order valence-electron chi connectivity index (χ2n) is 7.09. The number of hydrogen-bond acceptors (Lipinski definition) is 3. The Labute approximate surface area is 167 Å². The van der Waals surface area contributed by atoms with Gasteiger partial charge in [0.15, 0.2) is 5.79 Å². The molecule has 0 saturated carbocycles. The second-order valence-corrected chi connectivity index (χ2v) is 7.09. The smallest absolute Gasteiger partial charge is 0.191 e. The SMILES string of the molecule is C=Cc1cccc(COCC(CCCCCCCCC)(OCC)OCC)c1. The van der Waals surface area contributed by atoms with Crippen molar-refractivity contribution in [2.75, 3.05) is 19.8 Å². The van der Waals surface area contributed by atoms with Gasteiger partial charge in [-0.15, -0.1) is 0 Å². The van der Waals surface area contributed by atoms with Crippen molar-refractivity contribution in [3.05, 3.63) is 42.0 Å². The van der Waals surface area contributed by atoms with E-state index in [2.05, 4.69) is 25.6 Å². The minimum atomic E-state index is -0.622. The van der Waals surface area contributed by atoms with Crippen LogP contribution in [-0.4, -0.2) is 25.6 Å². The van der Waals surface area contributed by atoms with Gasteiger partial charge in [0.05, 0.1) is 6.61 Å². The van der Waals surface area contributed by atoms with Crippen LogP contribution in [0, 0.1) is 0 Å². The number of benzene rings is 1. The molecule has 1 aromatic rings. The first kappa shape index (κ1) is 23.9. The summed E-state index contributed by atoms with van der Waals surface area (Å²) in [5.41, 5.74) is 2.25. The molecule has 0 N–H and O–H groups in total. The molecule has 1 aromatic carbocycles. The molecule has 0 aliphatic heterocycles. The van der Waals surface area contributed by atoms with Crippen molar-refractivity contribution in [1.29, 1.82) is 0 Å². The zero-order valence-corrected chi connectivity index (χ0v) is 17.8. The molecule has 1 rings (SSSR count). The van der Waals surface area contributed by atoms with Gasteiger partial charge < -0.3 is 14.2 Å². The summed E-state index contributed by atoms with van der Waals surface area (Å²) in [5.74, 6) is -0.622. The van der Waals surface area contributed by atoms with Crippen molar-refractivity contribution in [3.8, 4) is 0 Å². The monoisotopic (exact) mass is 376 g/mol. The van der Waals surface area contributed by atoms with E-state index in [-0.39, 0.29) is 0 Å². The molecule has 0 atom stereocenters. The Morgan fingerprint density at radius 3 is 2.22 bits per heavy atom. The van der Waals surface area contributed by atoms with Crippen LogP contribution in [0.5, 0.6) is 0 Å². The van der Waals surface area contributed by atoms with E-state index < -0.39 is 5.79 Å². The molecule has 0 aliphatic carbocycles. The molecule has 0 heterocycles. The molecule has 0 fully saturated rings. The van der Waals surface area contributed by atoms with Gasteiger partial charge in [0.1, 0.15) is 6.61 Å². The van der Waals surface area contributed by atoms with E-state index in [0.717, 1.165) is 24.0 Å². The van der Waals surface area contributed by atoms with Gasteiger partial charge in [-0.1, -0.05) is 76.3 Å². The normalized spacial score (nSPS) is 11.7. The lowest BCUT2D eigenvalue weighted by Gasteiger charge is -2.33. The van der Waals surface area contributed by atoms with E-state index in [1.807, 2.05) is 32.1 Å². The van der Waals surface area contributed by atoms with Crippen LogP contribution >= 0.6 is 0 Å². The average Bonchev–Trinajstić information content (AvgIpc) is 2.68. The van der Waals surface area contributed by atoms with Crippen molar-refractivity contribution >= 4 is 6.08 Å². The number of rotatable bonds is 17. The summed E-state index contributed by atoms with van der Waals surface area (Å²) in [4.78, 5) is 0. The summed E-state index contributed by atoms with van der Waals surface area (Å²) in [6.45, 7) is 12.4. The van der Waals surface area contributed by atoms with Crippen molar-refractivity contribution in [3.63, 3.8) is 0 Å². The zero-order valence-electron chi connectivity index (χ0n) is 17.8. The van der Waals surface area contributed by atoms with Gasteiger partial charge in [-0.05, 0) is 37.5 Å². The van der Waals surface area contributed by atoms with Crippen LogP contribution in [0.2, 0.25) is 0 Å². The molecule has 0 radical (unpaired) electrons. The summed E-state index contributed by atoms with van der Waals surface area (Å²) in [7, 11) is 0. The van der Waals surface area contributed by atoms with Crippen LogP contribution < -0.4 is 0 Å². The highest BCUT2D eigenvalue weighted by molar-refractivity contribution is 5.47. The second kappa shape index (κ2) is 14.8. The lowest BCUT2D eigenvalue weighted by atomic mass is 10.0. The van der Waals surface area contributed by atoms with Crippen molar-refractivity contribution < 1.29 is 14.2 Å². The zero-order chi connectivity index (χ0) is 19.8. The summed E-state index contributed by atoms with van der Waals surface area (Å²) in [5, 5.41) is 0. The largest absolute Gasteiger partial charge is 0.371 e. The highest BCUT2D eigenvalue weighted by Crippen LogP contribution is 2.24. The topological polar surface area (TPSA) is 27.7 Å². The van der Waals surface area contributed by atoms with Crippen molar-refractivity contribution in [1.82, 2.24) is 0 Å². The van der Waals surface area contributed by atoms with Gasteiger partial charge >= 0.3 is 0 Å². The van der Waals surface area contributed by atoms with Crippen molar-refractivity contribution in [2.24, 2.45) is 0 Å². The summed E-state index contributed by atoms with van der Waals surface area (Å²) in [6, 6.07) is 8.26. The molecule has 3 heteroatoms. The van der Waals surface area contributed by atoms with E-state index in [9.17, 15) is 0 Å². The Morgan fingerprint density at radius 2 is 1.59 bits per heavy atom. The Bertz CT molecular complexity index is 492. The maximum atomic E-state index is 6.03. The Kier molecular flexibility index (Phi) is 13.1. The van der Waals surface area contributed by atoms with Crippen LogP contribution in [-0.2, 0) is 20.8 Å². The third-order valence-corrected chi connectivity index (χ3v) is 4.75. The number of hydrogen-bond donors (Lipinski definition) is 0. The van der Waals surface area contributed by atoms with Crippen LogP contribution in [0.15, 0.2) is 30.8 Å². The number of ether oxygens (including phenoxy) is 3. The molecule has 0 unspecified atom stereocenters. The molecular formula is C24H40O3. The van der Waals surface area contributed by atoms with E-state index in [1.165, 1.54) is 38.5 Å². The van der Waals surface area contributed by atoms with Crippen molar-refractivity contribution in [2.45, 2.75) is 84.5 Å². The highest BCUT2D eigenvalue weighted by atomic mass is 16.7. The minimum absolute atomic E-state index is 0.461. The Morgan fingerprint density at radius 1 is 0.926 bits per heavy atom. The molecule has 3 nitrogen and oxygen atoms in total. The fourth-order valence-corrected chi connectivity index (χ4v) is 3.35. The van der Waals surface area contributed by atoms with E-state index >= 15 is 0 Å². The summed E-state index contributed by atoms with van der Waals surface area (Å²) >= 11 is 0. The minimum Gasteiger partial charge on any atom is -0.371 e. The Hall–Kier alpha value is -1.16. The number of unbranched alkanes of at least 4 members (excludes halogenated alkanes) is 6. The molecule has 0 aromatic heterocycles. The molecule has 0 saturated heterocycles. The van der Waals surface area contributed by atoms with Gasteiger partial charge in [0, 0.05) is 19.6 Å². The van der Waals surface area contributed by atoms with Gasteiger partial charge in [-0.25, -0.2) is 0 Å². The van der Waals surface area contributed by atoms with Crippen LogP contribution in [0.25, 0.3) is 6.08 Å². The van der Waals surface area contributed by atoms with E-state index in [4.69, 9.17) is 14.2 Å². The van der Waals surface area contributed by atoms with Crippen LogP contribution in [0.4, 0.5) is 0 Å². The van der Waals surface area contributed by atoms with E-state index in [0.29, 0.717) is 26.4 Å². The molecule has 27 heavy (non-hydrogen) atoms. The standard InChI is InChI=1S/C24H40O3/c1-5-9-10-11-12-13-14-18-24(26-7-3,27-8-4)21-25-20-23-17-15-16-22(6-2)19-23/h6,15-17,19H,2,5,7-14,18,20-21H2,1,3-4H3. The third-order valence-electron chi connectivity index (χ3n) is 4.75. The molecule has 0 spiro atoms. The van der Waals surface area contributed by atoms with Crippen LogP contribution in [0.3, 0.4) is 0 Å². The van der Waals surface area contributed by atoms with Gasteiger partial charge in [0.25, 0.3) is 0 Å². The third kappa shape index (κ3) is 10.1. The van der Waals surface area contributed by atoms with Crippen LogP contribution in [0.1, 0.15) is 83.3 Å². The van der Waals surface area contributed by atoms with Gasteiger partial charge in [-0.2, -0.15) is 0 Å². The fourth-order valence-electron chi connectivity index (χ4n) is 3.35. The average molecular weight is 377 g/mol. The first-order valence-electron chi connectivity index (χ1n) is 10.8. The van der Waals surface area contributed by atoms with Gasteiger partial charge in [-0.3, -0.25) is 0 Å². The highest BCUT2D eigenvalue weighted by Gasteiger charge is 2.31. The molecular weight excluding hydrogens is 336 g/mol. The lowest BCUT2D eigenvalue weighted by molar-refractivity contribution is -0.263. The first-order valence-corrected chi connectivity index (χ1v) is 10.8. The fraction of sp³-hybridized carbons (Fsp3) is 0.667. The predicted octanol–water partition coefficient (Wildman–Crippen LogP) is 6.76. The molecule has 154 valence electrons. The maximum absolute atomic E-state index is 6.03. The predicted molar refractivity (Wildman–Crippen MR) is 115 cm³/mol. The molecule has 0 amide bonds. The Balaban J connectivity index is 2.49. The van der Waals surface area contributed by atoms with Gasteiger partial charge in [0.2, 0.25) is 0 Å². The summed E-state index contributed by atoms with van der Waals surface area (Å²) in [6.07, 6.45) is 11.7. The molecule has 0 bridgehead atoms. The van der Waals surface area contributed by atoms with E-state index in [1.54, 1.807) is 0 Å². The lowest BCUT2D eigenvalue weighted by Crippen LogP contribution is -2.41. The summed E-state index contributed by atoms with van der Waals surface area (Å²) < 4.78 is 18.1. The quantitative estimate of drug-likeness (QED) is 0.222.